The topological polar surface area (TPSA) is 81.2 Å². The van der Waals surface area contributed by atoms with E-state index < -0.39 is 11.7 Å². The van der Waals surface area contributed by atoms with E-state index in [9.17, 15) is 22.8 Å². The zero-order chi connectivity index (χ0) is 23.3. The molecule has 0 unspecified atom stereocenters. The lowest BCUT2D eigenvalue weighted by Crippen LogP contribution is -2.18. The fourth-order valence-electron chi connectivity index (χ4n) is 2.93. The molecule has 1 amide bonds. The molecule has 2 aromatic heterocycles. The number of pyridine rings is 2. The maximum atomic E-state index is 12.9. The van der Waals surface area contributed by atoms with Crippen LogP contribution in [0.1, 0.15) is 42.6 Å². The molecule has 0 fully saturated rings. The van der Waals surface area contributed by atoms with Gasteiger partial charge in [-0.15, -0.1) is 0 Å². The fourth-order valence-corrected chi connectivity index (χ4v) is 2.93. The first kappa shape index (κ1) is 23.2. The van der Waals surface area contributed by atoms with Crippen LogP contribution in [-0.2, 0) is 11.0 Å². The Balaban J connectivity index is 1.58. The van der Waals surface area contributed by atoms with Gasteiger partial charge in [0, 0.05) is 35.7 Å². The van der Waals surface area contributed by atoms with E-state index in [0.717, 1.165) is 12.1 Å². The summed E-state index contributed by atoms with van der Waals surface area (Å²) in [5.74, 6) is 0.177. The zero-order valence-corrected chi connectivity index (χ0v) is 17.6. The van der Waals surface area contributed by atoms with Crippen molar-refractivity contribution in [1.29, 1.82) is 0 Å². The lowest BCUT2D eigenvalue weighted by Gasteiger charge is -2.11. The van der Waals surface area contributed by atoms with Gasteiger partial charge >= 0.3 is 6.18 Å². The highest BCUT2D eigenvalue weighted by atomic mass is 19.4. The number of carbonyl (C=O) groups is 2. The van der Waals surface area contributed by atoms with Crippen LogP contribution < -0.4 is 10.1 Å². The lowest BCUT2D eigenvalue weighted by atomic mass is 10.1. The number of benzene rings is 1. The molecule has 0 spiro atoms. The Bertz CT molecular complexity index is 1130. The fraction of sp³-hybridized carbons (Fsp3) is 0.304. The average Bonchev–Trinajstić information content (AvgIpc) is 2.75. The maximum absolute atomic E-state index is 12.9. The Kier molecular flexibility index (Phi) is 7.07. The summed E-state index contributed by atoms with van der Waals surface area (Å²) in [6, 6.07) is 7.96. The monoisotopic (exact) mass is 445 g/mol. The SMILES string of the molecule is CC(C)C(=O)Nc1cc(C(=O)CCCOc2ccnc3cc(C(F)(F)F)ccc23)ccn1. The van der Waals surface area contributed by atoms with Crippen molar-refractivity contribution in [3.63, 3.8) is 0 Å². The van der Waals surface area contributed by atoms with Crippen LogP contribution in [0, 0.1) is 5.92 Å². The summed E-state index contributed by atoms with van der Waals surface area (Å²) in [4.78, 5) is 32.3. The van der Waals surface area contributed by atoms with Crippen molar-refractivity contribution in [1.82, 2.24) is 9.97 Å². The van der Waals surface area contributed by atoms with Gasteiger partial charge in [0.05, 0.1) is 17.7 Å². The highest BCUT2D eigenvalue weighted by molar-refractivity contribution is 5.98. The minimum atomic E-state index is -4.45. The van der Waals surface area contributed by atoms with Crippen molar-refractivity contribution >= 4 is 28.4 Å². The maximum Gasteiger partial charge on any atom is 0.416 e. The smallest absolute Gasteiger partial charge is 0.416 e. The van der Waals surface area contributed by atoms with E-state index in [1.54, 1.807) is 26.0 Å². The molecule has 3 rings (SSSR count). The number of nitrogens with one attached hydrogen (secondary N) is 1. The molecule has 2 heterocycles. The Morgan fingerprint density at radius 2 is 1.81 bits per heavy atom. The van der Waals surface area contributed by atoms with Crippen molar-refractivity contribution in [2.24, 2.45) is 5.92 Å². The van der Waals surface area contributed by atoms with E-state index in [0.29, 0.717) is 28.9 Å². The second-order valence-corrected chi connectivity index (χ2v) is 7.49. The third-order valence-electron chi connectivity index (χ3n) is 4.69. The lowest BCUT2D eigenvalue weighted by molar-refractivity contribution is -0.137. The largest absolute Gasteiger partial charge is 0.493 e. The predicted octanol–water partition coefficient (Wildman–Crippen LogP) is 5.29. The summed E-state index contributed by atoms with van der Waals surface area (Å²) in [5.41, 5.74) is -0.171. The first-order valence-electron chi connectivity index (χ1n) is 10.0. The van der Waals surface area contributed by atoms with E-state index in [4.69, 9.17) is 4.74 Å². The number of fused-ring (bicyclic) bond motifs is 1. The minimum absolute atomic E-state index is 0.134. The number of rotatable bonds is 8. The molecule has 6 nitrogen and oxygen atoms in total. The summed E-state index contributed by atoms with van der Waals surface area (Å²) in [6.45, 7) is 3.71. The van der Waals surface area contributed by atoms with Gasteiger partial charge in [-0.1, -0.05) is 13.8 Å². The van der Waals surface area contributed by atoms with Gasteiger partial charge in [-0.25, -0.2) is 4.98 Å². The molecule has 1 aromatic carbocycles. The summed E-state index contributed by atoms with van der Waals surface area (Å²) >= 11 is 0. The number of aromatic nitrogens is 2. The molecule has 168 valence electrons. The number of carbonyl (C=O) groups excluding carboxylic acids is 2. The standard InChI is InChI=1S/C23H22F3N3O3/c1-14(2)22(31)29-21-12-15(7-9-28-21)19(30)4-3-11-32-20-8-10-27-18-13-16(23(24,25)26)5-6-17(18)20/h5-10,12-14H,3-4,11H2,1-2H3,(H,28,29,31). The van der Waals surface area contributed by atoms with E-state index >= 15 is 0 Å². The number of hydrogen-bond acceptors (Lipinski definition) is 5. The molecule has 0 saturated carbocycles. The number of ether oxygens (including phenoxy) is 1. The van der Waals surface area contributed by atoms with E-state index in [-0.39, 0.29) is 36.2 Å². The number of halogens is 3. The number of ketones is 1. The van der Waals surface area contributed by atoms with Crippen LogP contribution in [0.5, 0.6) is 5.75 Å². The van der Waals surface area contributed by atoms with Crippen molar-refractivity contribution in [2.75, 3.05) is 11.9 Å². The number of amides is 1. The average molecular weight is 445 g/mol. The van der Waals surface area contributed by atoms with Gasteiger partial charge < -0.3 is 10.1 Å². The first-order valence-corrected chi connectivity index (χ1v) is 10.0. The second-order valence-electron chi connectivity index (χ2n) is 7.49. The first-order chi connectivity index (χ1) is 15.1. The molecule has 0 aliphatic rings. The van der Waals surface area contributed by atoms with Crippen LogP contribution in [-0.4, -0.2) is 28.3 Å². The molecule has 0 saturated heterocycles. The van der Waals surface area contributed by atoms with Crippen molar-refractivity contribution in [3.05, 3.63) is 59.9 Å². The van der Waals surface area contributed by atoms with Crippen molar-refractivity contribution < 1.29 is 27.5 Å². The molecule has 1 N–H and O–H groups in total. The molecule has 32 heavy (non-hydrogen) atoms. The summed E-state index contributed by atoms with van der Waals surface area (Å²) in [7, 11) is 0. The highest BCUT2D eigenvalue weighted by Crippen LogP contribution is 2.33. The number of anilines is 1. The molecule has 9 heteroatoms. The third-order valence-corrected chi connectivity index (χ3v) is 4.69. The number of nitrogens with zero attached hydrogens (tertiary/aromatic N) is 2. The Hall–Kier alpha value is -3.49. The zero-order valence-electron chi connectivity index (χ0n) is 17.6. The Morgan fingerprint density at radius 1 is 1.06 bits per heavy atom. The van der Waals surface area contributed by atoms with Gasteiger partial charge in [-0.3, -0.25) is 14.6 Å². The van der Waals surface area contributed by atoms with Crippen LogP contribution in [0.25, 0.3) is 10.9 Å². The van der Waals surface area contributed by atoms with E-state index in [1.165, 1.54) is 24.5 Å². The summed E-state index contributed by atoms with van der Waals surface area (Å²) in [6.07, 6.45) is -1.01. The molecular weight excluding hydrogens is 423 g/mol. The van der Waals surface area contributed by atoms with Gasteiger partial charge in [0.15, 0.2) is 5.78 Å². The van der Waals surface area contributed by atoms with Gasteiger partial charge in [0.25, 0.3) is 0 Å². The molecular formula is C23H22F3N3O3. The molecule has 3 aromatic rings. The summed E-state index contributed by atoms with van der Waals surface area (Å²) < 4.78 is 44.4. The van der Waals surface area contributed by atoms with Crippen molar-refractivity contribution in [2.45, 2.75) is 32.9 Å². The molecule has 0 atom stereocenters. The molecule has 0 aliphatic heterocycles. The number of Topliss-reactive ketones (excluding diaryl/α,β-unsaturated/α-hetero) is 1. The van der Waals surface area contributed by atoms with Gasteiger partial charge in [0.2, 0.25) is 5.91 Å². The summed E-state index contributed by atoms with van der Waals surface area (Å²) in [5, 5.41) is 3.12. The van der Waals surface area contributed by atoms with Crippen LogP contribution in [0.3, 0.4) is 0 Å². The molecule has 0 bridgehead atoms. The van der Waals surface area contributed by atoms with Crippen LogP contribution in [0.2, 0.25) is 0 Å². The second kappa shape index (κ2) is 9.76. The Labute approximate surface area is 182 Å². The predicted molar refractivity (Wildman–Crippen MR) is 114 cm³/mol. The number of alkyl halides is 3. The quantitative estimate of drug-likeness (QED) is 0.377. The minimum Gasteiger partial charge on any atom is -0.493 e. The Morgan fingerprint density at radius 3 is 2.53 bits per heavy atom. The van der Waals surface area contributed by atoms with Gasteiger partial charge in [-0.05, 0) is 42.8 Å². The van der Waals surface area contributed by atoms with E-state index in [1.807, 2.05) is 0 Å². The third kappa shape index (κ3) is 5.81. The van der Waals surface area contributed by atoms with Crippen molar-refractivity contribution in [3.8, 4) is 5.75 Å². The highest BCUT2D eigenvalue weighted by Gasteiger charge is 2.30. The normalized spacial score (nSPS) is 11.6. The van der Waals surface area contributed by atoms with Gasteiger partial charge in [0.1, 0.15) is 11.6 Å². The molecule has 0 aliphatic carbocycles. The number of hydrogen-bond donors (Lipinski definition) is 1. The van der Waals surface area contributed by atoms with Crippen LogP contribution in [0.4, 0.5) is 19.0 Å². The van der Waals surface area contributed by atoms with Crippen LogP contribution >= 0.6 is 0 Å². The van der Waals surface area contributed by atoms with E-state index in [2.05, 4.69) is 15.3 Å². The van der Waals surface area contributed by atoms with Gasteiger partial charge in [-0.2, -0.15) is 13.2 Å². The van der Waals surface area contributed by atoms with Crippen LogP contribution in [0.15, 0.2) is 48.8 Å². The molecule has 0 radical (unpaired) electrons.